The van der Waals surface area contributed by atoms with Crippen molar-refractivity contribution in [3.63, 3.8) is 0 Å². The van der Waals surface area contributed by atoms with E-state index < -0.39 is 5.97 Å². The molecule has 1 fully saturated rings. The summed E-state index contributed by atoms with van der Waals surface area (Å²) >= 11 is 0. The Kier molecular flexibility index (Phi) is 12.3. The first-order valence-electron chi connectivity index (χ1n) is 9.76. The van der Waals surface area contributed by atoms with Crippen LogP contribution in [-0.4, -0.2) is 11.1 Å². The Balaban J connectivity index is 0.000000299. The van der Waals surface area contributed by atoms with Gasteiger partial charge in [0, 0.05) is 6.42 Å². The fraction of sp³-hybridized carbons (Fsp3) is 0.522. The predicted octanol–water partition coefficient (Wildman–Crippen LogP) is 6.57. The number of carboxylic acid groups (broad SMARTS) is 1. The average Bonchev–Trinajstić information content (AvgIpc) is 3.13. The number of carbonyl (C=O) groups is 1. The molecule has 1 saturated carbocycles. The number of carboxylic acids is 1. The van der Waals surface area contributed by atoms with Crippen LogP contribution in [0.1, 0.15) is 70.3 Å². The zero-order valence-electron chi connectivity index (χ0n) is 15.7. The molecule has 1 N–H and O–H groups in total. The van der Waals surface area contributed by atoms with Crippen LogP contribution in [0.2, 0.25) is 0 Å². The SMILES string of the molecule is C(=C\C1CCCC1)/CCCc1ccccc1.C/C=C\CCCC(=O)O. The minimum atomic E-state index is -0.709. The molecule has 138 valence electrons. The highest BCUT2D eigenvalue weighted by Gasteiger charge is 2.10. The predicted molar refractivity (Wildman–Crippen MR) is 107 cm³/mol. The van der Waals surface area contributed by atoms with Gasteiger partial charge in [0.2, 0.25) is 0 Å². The number of aliphatic carboxylic acids is 1. The van der Waals surface area contributed by atoms with E-state index >= 15 is 0 Å². The van der Waals surface area contributed by atoms with Gasteiger partial charge in [-0.3, -0.25) is 4.79 Å². The number of benzene rings is 1. The van der Waals surface area contributed by atoms with Gasteiger partial charge in [-0.15, -0.1) is 0 Å². The summed E-state index contributed by atoms with van der Waals surface area (Å²) in [5.74, 6) is 0.191. The third kappa shape index (κ3) is 12.2. The molecule has 2 nitrogen and oxygen atoms in total. The molecule has 0 aromatic heterocycles. The molecule has 0 bridgehead atoms. The number of hydrogen-bond donors (Lipinski definition) is 1. The van der Waals surface area contributed by atoms with Gasteiger partial charge in [-0.25, -0.2) is 0 Å². The molecule has 0 unspecified atom stereocenters. The van der Waals surface area contributed by atoms with Crippen molar-refractivity contribution in [3.8, 4) is 0 Å². The van der Waals surface area contributed by atoms with Crippen LogP contribution >= 0.6 is 0 Å². The molecule has 2 rings (SSSR count). The first kappa shape index (κ1) is 21.2. The number of unbranched alkanes of at least 4 members (excludes halogenated alkanes) is 2. The topological polar surface area (TPSA) is 37.3 Å². The standard InChI is InChI=1S/C16H22.C7H12O2/c1-3-9-15(10-4-1)11-5-2-6-12-16-13-7-8-14-16;1-2-3-4-5-6-7(8)9/h1,3-4,6,9-10,12,16H,2,5,7-8,11,13-14H2;2-3H,4-6H2,1H3,(H,8,9)/b12-6+;3-2-. The molecule has 0 atom stereocenters. The van der Waals surface area contributed by atoms with Crippen molar-refractivity contribution in [2.24, 2.45) is 5.92 Å². The van der Waals surface area contributed by atoms with E-state index in [0.717, 1.165) is 18.8 Å². The summed E-state index contributed by atoms with van der Waals surface area (Å²) in [5.41, 5.74) is 1.47. The summed E-state index contributed by atoms with van der Waals surface area (Å²) in [7, 11) is 0. The van der Waals surface area contributed by atoms with Crippen LogP contribution in [0.4, 0.5) is 0 Å². The van der Waals surface area contributed by atoms with Crippen molar-refractivity contribution in [1.82, 2.24) is 0 Å². The Bertz CT molecular complexity index is 496. The molecule has 1 aliphatic carbocycles. The maximum absolute atomic E-state index is 9.94. The van der Waals surface area contributed by atoms with Gasteiger partial charge in [-0.05, 0) is 63.4 Å². The molecule has 1 aromatic rings. The molecule has 0 spiro atoms. The first-order valence-corrected chi connectivity index (χ1v) is 9.76. The summed E-state index contributed by atoms with van der Waals surface area (Å²) in [6.45, 7) is 1.93. The van der Waals surface area contributed by atoms with Crippen LogP contribution < -0.4 is 0 Å². The van der Waals surface area contributed by atoms with E-state index in [-0.39, 0.29) is 6.42 Å². The van der Waals surface area contributed by atoms with Crippen molar-refractivity contribution in [2.45, 2.75) is 71.1 Å². The van der Waals surface area contributed by atoms with E-state index in [9.17, 15) is 4.79 Å². The zero-order chi connectivity index (χ0) is 18.2. The van der Waals surface area contributed by atoms with Crippen molar-refractivity contribution < 1.29 is 9.90 Å². The zero-order valence-corrected chi connectivity index (χ0v) is 15.7. The van der Waals surface area contributed by atoms with Crippen LogP contribution in [-0.2, 0) is 11.2 Å². The minimum Gasteiger partial charge on any atom is -0.481 e. The largest absolute Gasteiger partial charge is 0.481 e. The summed E-state index contributed by atoms with van der Waals surface area (Å²) in [6, 6.07) is 10.8. The van der Waals surface area contributed by atoms with Crippen LogP contribution in [0.25, 0.3) is 0 Å². The van der Waals surface area contributed by atoms with Gasteiger partial charge in [0.15, 0.2) is 0 Å². The van der Waals surface area contributed by atoms with Gasteiger partial charge in [0.1, 0.15) is 0 Å². The van der Waals surface area contributed by atoms with Gasteiger partial charge < -0.3 is 5.11 Å². The van der Waals surface area contributed by atoms with E-state index in [1.54, 1.807) is 0 Å². The summed E-state index contributed by atoms with van der Waals surface area (Å²) in [5, 5.41) is 8.19. The molecular formula is C23H34O2. The van der Waals surface area contributed by atoms with Crippen molar-refractivity contribution in [1.29, 1.82) is 0 Å². The highest BCUT2D eigenvalue weighted by molar-refractivity contribution is 5.66. The monoisotopic (exact) mass is 342 g/mol. The summed E-state index contributed by atoms with van der Waals surface area (Å²) in [4.78, 5) is 9.94. The molecule has 0 aliphatic heterocycles. The Morgan fingerprint density at radius 2 is 1.76 bits per heavy atom. The normalized spacial score (nSPS) is 14.8. The second-order valence-corrected chi connectivity index (χ2v) is 6.71. The molecule has 0 radical (unpaired) electrons. The van der Waals surface area contributed by atoms with Crippen LogP contribution in [0.15, 0.2) is 54.6 Å². The van der Waals surface area contributed by atoms with E-state index in [2.05, 4.69) is 42.5 Å². The molecule has 1 aliphatic rings. The van der Waals surface area contributed by atoms with Crippen LogP contribution in [0, 0.1) is 5.92 Å². The van der Waals surface area contributed by atoms with Crippen LogP contribution in [0.3, 0.4) is 0 Å². The fourth-order valence-electron chi connectivity index (χ4n) is 3.05. The second-order valence-electron chi connectivity index (χ2n) is 6.71. The molecule has 25 heavy (non-hydrogen) atoms. The van der Waals surface area contributed by atoms with Gasteiger partial charge in [-0.1, -0.05) is 67.5 Å². The second kappa shape index (κ2) is 14.5. The lowest BCUT2D eigenvalue weighted by atomic mass is 10.1. The quantitative estimate of drug-likeness (QED) is 0.407. The Labute approximate surface area is 153 Å². The molecule has 2 heteroatoms. The lowest BCUT2D eigenvalue weighted by Gasteiger charge is -2.01. The molecule has 0 saturated heterocycles. The average molecular weight is 343 g/mol. The summed E-state index contributed by atoms with van der Waals surface area (Å²) in [6.07, 6.45) is 20.2. The number of hydrogen-bond acceptors (Lipinski definition) is 1. The third-order valence-electron chi connectivity index (χ3n) is 4.48. The molecule has 1 aromatic carbocycles. The van der Waals surface area contributed by atoms with Gasteiger partial charge in [0.05, 0.1) is 0 Å². The lowest BCUT2D eigenvalue weighted by molar-refractivity contribution is -0.137. The Morgan fingerprint density at radius 1 is 1.08 bits per heavy atom. The maximum atomic E-state index is 9.94. The van der Waals surface area contributed by atoms with E-state index in [4.69, 9.17) is 5.11 Å². The first-order chi connectivity index (χ1) is 12.2. The minimum absolute atomic E-state index is 0.282. The van der Waals surface area contributed by atoms with Gasteiger partial charge >= 0.3 is 5.97 Å². The van der Waals surface area contributed by atoms with Crippen molar-refractivity contribution in [3.05, 3.63) is 60.2 Å². The highest BCUT2D eigenvalue weighted by Crippen LogP contribution is 2.25. The Hall–Kier alpha value is -1.83. The lowest BCUT2D eigenvalue weighted by Crippen LogP contribution is -1.92. The highest BCUT2D eigenvalue weighted by atomic mass is 16.4. The molecular weight excluding hydrogens is 308 g/mol. The maximum Gasteiger partial charge on any atom is 0.303 e. The fourth-order valence-corrected chi connectivity index (χ4v) is 3.05. The smallest absolute Gasteiger partial charge is 0.303 e. The van der Waals surface area contributed by atoms with E-state index in [1.165, 1.54) is 50.5 Å². The van der Waals surface area contributed by atoms with Crippen LogP contribution in [0.5, 0.6) is 0 Å². The van der Waals surface area contributed by atoms with Crippen molar-refractivity contribution in [2.75, 3.05) is 0 Å². The number of aryl methyl sites for hydroxylation is 1. The van der Waals surface area contributed by atoms with Gasteiger partial charge in [-0.2, -0.15) is 0 Å². The molecule has 0 heterocycles. The van der Waals surface area contributed by atoms with E-state index in [1.807, 2.05) is 19.1 Å². The third-order valence-corrected chi connectivity index (χ3v) is 4.48. The van der Waals surface area contributed by atoms with Crippen molar-refractivity contribution >= 4 is 5.97 Å². The Morgan fingerprint density at radius 3 is 2.40 bits per heavy atom. The molecule has 0 amide bonds. The number of rotatable bonds is 9. The summed E-state index contributed by atoms with van der Waals surface area (Å²) < 4.78 is 0. The number of allylic oxidation sites excluding steroid dienone is 4. The van der Waals surface area contributed by atoms with Gasteiger partial charge in [0.25, 0.3) is 0 Å². The van der Waals surface area contributed by atoms with E-state index in [0.29, 0.717) is 0 Å².